The van der Waals surface area contributed by atoms with Gasteiger partial charge in [-0.3, -0.25) is 0 Å². The molecule has 1 fully saturated rings. The van der Waals surface area contributed by atoms with E-state index in [1.54, 1.807) is 18.2 Å². The molecule has 5 rings (SSSR count). The van der Waals surface area contributed by atoms with Crippen LogP contribution in [0.15, 0.2) is 78.9 Å². The summed E-state index contributed by atoms with van der Waals surface area (Å²) in [5.41, 5.74) is 0.979. The Morgan fingerprint density at radius 3 is 1.98 bits per heavy atom. The van der Waals surface area contributed by atoms with Crippen molar-refractivity contribution in [2.75, 3.05) is 0 Å². The number of benzene rings is 4. The first-order valence-electron chi connectivity index (χ1n) is 17.0. The Kier molecular flexibility index (Phi) is 12.0. The van der Waals surface area contributed by atoms with E-state index in [0.29, 0.717) is 49.7 Å². The first kappa shape index (κ1) is 36.4. The lowest BCUT2D eigenvalue weighted by molar-refractivity contribution is -0.278. The monoisotopic (exact) mass is 682 g/mol. The van der Waals surface area contributed by atoms with Crippen LogP contribution in [0.2, 0.25) is 0 Å². The average molecular weight is 683 g/mol. The second-order valence-corrected chi connectivity index (χ2v) is 12.8. The van der Waals surface area contributed by atoms with Crippen LogP contribution in [-0.2, 0) is 23.7 Å². The summed E-state index contributed by atoms with van der Waals surface area (Å²) in [7, 11) is 0. The number of hydrogen-bond donors (Lipinski definition) is 0. The zero-order valence-corrected chi connectivity index (χ0v) is 27.8. The number of rotatable bonds is 13. The minimum Gasteiger partial charge on any atom is -0.313 e. The zero-order valence-electron chi connectivity index (χ0n) is 27.8. The number of allylic oxidation sites excluding steroid dienone is 2. The maximum absolute atomic E-state index is 15.4. The Labute approximate surface area is 283 Å². The second-order valence-electron chi connectivity index (χ2n) is 12.8. The van der Waals surface area contributed by atoms with Gasteiger partial charge in [0, 0.05) is 16.7 Å². The molecule has 8 heteroatoms. The van der Waals surface area contributed by atoms with E-state index >= 15 is 8.78 Å². The Hall–Kier alpha value is -3.91. The van der Waals surface area contributed by atoms with Gasteiger partial charge in [0.05, 0.1) is 11.7 Å². The number of unbranched alkanes of at least 4 members (excludes halogenated alkanes) is 2. The fraction of sp³-hybridized carbons (Fsp3) is 0.366. The Morgan fingerprint density at radius 2 is 1.35 bits per heavy atom. The molecule has 1 nitrogen and oxygen atoms in total. The predicted molar refractivity (Wildman–Crippen MR) is 180 cm³/mol. The summed E-state index contributed by atoms with van der Waals surface area (Å²) >= 11 is 0. The highest BCUT2D eigenvalue weighted by Gasteiger charge is 2.40. The van der Waals surface area contributed by atoms with Gasteiger partial charge in [0.1, 0.15) is 29.1 Å². The van der Waals surface area contributed by atoms with Crippen molar-refractivity contribution in [2.45, 2.75) is 96.2 Å². The van der Waals surface area contributed by atoms with E-state index in [1.165, 1.54) is 24.3 Å². The smallest absolute Gasteiger partial charge is 0.313 e. The summed E-state index contributed by atoms with van der Waals surface area (Å²) in [6.45, 7) is 3.87. The quantitative estimate of drug-likeness (QED) is 0.0775. The molecule has 0 heterocycles. The number of alkyl halides is 2. The highest BCUT2D eigenvalue weighted by atomic mass is 19.3. The third-order valence-corrected chi connectivity index (χ3v) is 9.40. The summed E-state index contributed by atoms with van der Waals surface area (Å²) in [4.78, 5) is 0. The van der Waals surface area contributed by atoms with Crippen LogP contribution in [0.25, 0.3) is 22.3 Å². The molecule has 0 amide bonds. The number of hydrogen-bond acceptors (Lipinski definition) is 1. The molecule has 1 aliphatic rings. The van der Waals surface area contributed by atoms with Gasteiger partial charge in [-0.25, -0.2) is 22.0 Å². The van der Waals surface area contributed by atoms with Gasteiger partial charge in [-0.2, -0.15) is 8.78 Å². The molecule has 1 aliphatic carbocycles. The van der Waals surface area contributed by atoms with Crippen molar-refractivity contribution < 1.29 is 35.5 Å². The summed E-state index contributed by atoms with van der Waals surface area (Å²) in [6.07, 6.45) is 4.73. The minimum absolute atomic E-state index is 0.00898. The number of ether oxygens (including phenoxy) is 1. The van der Waals surface area contributed by atoms with Crippen molar-refractivity contribution in [1.82, 2.24) is 0 Å². The Morgan fingerprint density at radius 1 is 0.694 bits per heavy atom. The van der Waals surface area contributed by atoms with E-state index in [-0.39, 0.29) is 40.2 Å². The van der Waals surface area contributed by atoms with Crippen molar-refractivity contribution in [3.05, 3.63) is 130 Å². The molecule has 0 spiro atoms. The summed E-state index contributed by atoms with van der Waals surface area (Å²) in [5.74, 6) is -3.91. The van der Waals surface area contributed by atoms with Gasteiger partial charge in [-0.15, -0.1) is 0 Å². The van der Waals surface area contributed by atoms with Crippen molar-refractivity contribution in [3.8, 4) is 22.3 Å². The molecule has 1 saturated carbocycles. The maximum Gasteiger partial charge on any atom is 0.386 e. The van der Waals surface area contributed by atoms with E-state index in [0.717, 1.165) is 49.6 Å². The molecule has 49 heavy (non-hydrogen) atoms. The molecule has 0 atom stereocenters. The first-order valence-corrected chi connectivity index (χ1v) is 17.0. The Balaban J connectivity index is 1.21. The maximum atomic E-state index is 15.4. The molecular formula is C41H41F7O. The highest BCUT2D eigenvalue weighted by Crippen LogP contribution is 2.41. The van der Waals surface area contributed by atoms with Crippen LogP contribution >= 0.6 is 0 Å². The van der Waals surface area contributed by atoms with E-state index in [2.05, 4.69) is 6.92 Å². The Bertz CT molecular complexity index is 1750. The van der Waals surface area contributed by atoms with Gasteiger partial charge >= 0.3 is 6.11 Å². The summed E-state index contributed by atoms with van der Waals surface area (Å²) in [5, 5.41) is 0. The fourth-order valence-corrected chi connectivity index (χ4v) is 6.64. The van der Waals surface area contributed by atoms with Crippen LogP contribution in [0.1, 0.15) is 93.4 Å². The highest BCUT2D eigenvalue weighted by molar-refractivity contribution is 5.72. The van der Waals surface area contributed by atoms with Crippen molar-refractivity contribution >= 4 is 0 Å². The fourth-order valence-electron chi connectivity index (χ4n) is 6.64. The predicted octanol–water partition coefficient (Wildman–Crippen LogP) is 12.7. The molecule has 4 aromatic rings. The van der Waals surface area contributed by atoms with E-state index < -0.39 is 46.9 Å². The van der Waals surface area contributed by atoms with Crippen LogP contribution in [0.5, 0.6) is 0 Å². The largest absolute Gasteiger partial charge is 0.386 e. The minimum atomic E-state index is -3.78. The standard InChI is InChI=1S/C41H41F7O/c1-3-5-7-9-26-11-20-35(40(46)21-26)41(47,48)49-31-16-12-27(13-17-31)28-14-18-32(36(42)22-28)29-15-19-33(37(43)23-29)30-24-38(44)34(39(45)25-30)10-8-6-4-2/h4,6,11,14-15,18-25,27,31H,3,5,7-10,12-13,16-17H2,1-2H3/b6-4+. The van der Waals surface area contributed by atoms with E-state index in [9.17, 15) is 22.0 Å². The van der Waals surface area contributed by atoms with Gasteiger partial charge < -0.3 is 4.74 Å². The molecular weight excluding hydrogens is 641 g/mol. The van der Waals surface area contributed by atoms with Crippen LogP contribution in [0, 0.1) is 29.1 Å². The van der Waals surface area contributed by atoms with Crippen LogP contribution in [-0.4, -0.2) is 6.10 Å². The van der Waals surface area contributed by atoms with Crippen LogP contribution < -0.4 is 0 Å². The molecule has 0 unspecified atom stereocenters. The zero-order chi connectivity index (χ0) is 35.1. The summed E-state index contributed by atoms with van der Waals surface area (Å²) < 4.78 is 110. The first-order chi connectivity index (χ1) is 23.5. The molecule has 0 bridgehead atoms. The van der Waals surface area contributed by atoms with Gasteiger partial charge in [0.25, 0.3) is 0 Å². The molecule has 0 aromatic heterocycles. The van der Waals surface area contributed by atoms with Gasteiger partial charge in [0.15, 0.2) is 0 Å². The third-order valence-electron chi connectivity index (χ3n) is 9.40. The topological polar surface area (TPSA) is 9.23 Å². The number of halogens is 7. The summed E-state index contributed by atoms with van der Waals surface area (Å²) in [6, 6.07) is 14.7. The lowest BCUT2D eigenvalue weighted by Gasteiger charge is -2.31. The molecule has 0 aliphatic heterocycles. The van der Waals surface area contributed by atoms with Crippen molar-refractivity contribution in [3.63, 3.8) is 0 Å². The molecule has 4 aromatic carbocycles. The van der Waals surface area contributed by atoms with Gasteiger partial charge in [-0.1, -0.05) is 62.2 Å². The van der Waals surface area contributed by atoms with Gasteiger partial charge in [0.2, 0.25) is 0 Å². The molecule has 260 valence electrons. The molecule has 0 N–H and O–H groups in total. The second kappa shape index (κ2) is 16.2. The lowest BCUT2D eigenvalue weighted by atomic mass is 9.82. The SMILES string of the molecule is C/C=C/CCc1c(F)cc(-c2ccc(-c3ccc(C4CCC(OC(F)(F)c5ccc(CCCCC)cc5F)CC4)cc3F)cc2F)cc1F. The van der Waals surface area contributed by atoms with E-state index in [1.807, 2.05) is 13.0 Å². The third kappa shape index (κ3) is 8.82. The van der Waals surface area contributed by atoms with Crippen molar-refractivity contribution in [1.29, 1.82) is 0 Å². The normalized spacial score (nSPS) is 16.8. The van der Waals surface area contributed by atoms with Crippen molar-refractivity contribution in [2.24, 2.45) is 0 Å². The molecule has 0 radical (unpaired) electrons. The van der Waals surface area contributed by atoms with Gasteiger partial charge in [-0.05, 0) is 123 Å². The molecule has 0 saturated heterocycles. The average Bonchev–Trinajstić information content (AvgIpc) is 3.06. The van der Waals surface area contributed by atoms with Crippen LogP contribution in [0.4, 0.5) is 30.7 Å². The van der Waals surface area contributed by atoms with E-state index in [4.69, 9.17) is 4.74 Å². The number of aryl methyl sites for hydroxylation is 1. The van der Waals surface area contributed by atoms with Crippen LogP contribution in [0.3, 0.4) is 0 Å². The lowest BCUT2D eigenvalue weighted by Crippen LogP contribution is -2.30.